The number of nitrogens with one attached hydrogen (secondary N) is 1. The average Bonchev–Trinajstić information content (AvgIpc) is 2.79. The molecule has 6 rings (SSSR count). The zero-order valence-electron chi connectivity index (χ0n) is 16.4. The summed E-state index contributed by atoms with van der Waals surface area (Å²) in [6.07, 6.45) is 2.15. The van der Waals surface area contributed by atoms with Crippen LogP contribution in [0.4, 0.5) is 0 Å². The van der Waals surface area contributed by atoms with E-state index in [2.05, 4.69) is 96.3 Å². The minimum absolute atomic E-state index is 0.396. The average molecular weight is 373 g/mol. The highest BCUT2D eigenvalue weighted by molar-refractivity contribution is 6.17. The molecule has 1 aliphatic heterocycles. The molecule has 0 saturated heterocycles. The van der Waals surface area contributed by atoms with Gasteiger partial charge in [0, 0.05) is 6.04 Å². The smallest absolute Gasteiger partial charge is 0.0363 e. The van der Waals surface area contributed by atoms with Crippen molar-refractivity contribution in [3.63, 3.8) is 0 Å². The lowest BCUT2D eigenvalue weighted by Gasteiger charge is -2.27. The van der Waals surface area contributed by atoms with E-state index in [0.717, 1.165) is 19.4 Å². The number of fused-ring (bicyclic) bond motifs is 6. The quantitative estimate of drug-likeness (QED) is 0.345. The summed E-state index contributed by atoms with van der Waals surface area (Å²) in [4.78, 5) is 0. The predicted molar refractivity (Wildman–Crippen MR) is 124 cm³/mol. The molecular formula is C28H23N. The van der Waals surface area contributed by atoms with Crippen molar-refractivity contribution in [3.05, 3.63) is 108 Å². The van der Waals surface area contributed by atoms with Gasteiger partial charge >= 0.3 is 0 Å². The maximum absolute atomic E-state index is 3.73. The number of benzene rings is 5. The Bertz CT molecular complexity index is 1370. The molecule has 0 amide bonds. The second-order valence-corrected chi connectivity index (χ2v) is 8.16. The fourth-order valence-corrected chi connectivity index (χ4v) is 5.00. The van der Waals surface area contributed by atoms with Crippen molar-refractivity contribution < 1.29 is 0 Å². The highest BCUT2D eigenvalue weighted by atomic mass is 14.9. The standard InChI is InChI=1S/C28H23N/c1-3-7-23-20(5-1)11-14-26-25(23)13-12-22-10-9-19(17-27(22)26)18-28-24-8-4-2-6-21(24)15-16-29-28/h1-14,17,28-29H,15-16,18H2. The molecule has 1 aliphatic rings. The molecule has 0 radical (unpaired) electrons. The molecule has 0 bridgehead atoms. The van der Waals surface area contributed by atoms with E-state index < -0.39 is 0 Å². The summed E-state index contributed by atoms with van der Waals surface area (Å²) in [5.41, 5.74) is 4.35. The zero-order chi connectivity index (χ0) is 19.2. The summed E-state index contributed by atoms with van der Waals surface area (Å²) in [7, 11) is 0. The van der Waals surface area contributed by atoms with Crippen LogP contribution in [0.15, 0.2) is 91.0 Å². The number of hydrogen-bond acceptors (Lipinski definition) is 1. The van der Waals surface area contributed by atoms with E-state index in [4.69, 9.17) is 0 Å². The first kappa shape index (κ1) is 16.8. The summed E-state index contributed by atoms with van der Waals surface area (Å²) in [5.74, 6) is 0. The van der Waals surface area contributed by atoms with Crippen molar-refractivity contribution in [2.24, 2.45) is 0 Å². The number of hydrogen-bond donors (Lipinski definition) is 1. The van der Waals surface area contributed by atoms with Gasteiger partial charge in [-0.25, -0.2) is 0 Å². The fraction of sp³-hybridized carbons (Fsp3) is 0.143. The lowest BCUT2D eigenvalue weighted by molar-refractivity contribution is 0.503. The third-order valence-corrected chi connectivity index (χ3v) is 6.46. The highest BCUT2D eigenvalue weighted by Gasteiger charge is 2.19. The summed E-state index contributed by atoms with van der Waals surface area (Å²) in [6.45, 7) is 1.06. The molecule has 140 valence electrons. The van der Waals surface area contributed by atoms with Crippen molar-refractivity contribution in [1.82, 2.24) is 5.32 Å². The van der Waals surface area contributed by atoms with E-state index in [1.54, 1.807) is 0 Å². The second kappa shape index (κ2) is 6.72. The lowest BCUT2D eigenvalue weighted by Crippen LogP contribution is -2.31. The van der Waals surface area contributed by atoms with Crippen LogP contribution in [0.3, 0.4) is 0 Å². The third-order valence-electron chi connectivity index (χ3n) is 6.46. The molecule has 0 aromatic heterocycles. The van der Waals surface area contributed by atoms with Gasteiger partial charge in [0.25, 0.3) is 0 Å². The van der Waals surface area contributed by atoms with E-state index in [1.165, 1.54) is 49.0 Å². The van der Waals surface area contributed by atoms with E-state index in [-0.39, 0.29) is 0 Å². The van der Waals surface area contributed by atoms with Crippen LogP contribution in [0, 0.1) is 0 Å². The van der Waals surface area contributed by atoms with Crippen LogP contribution in [0.25, 0.3) is 32.3 Å². The van der Waals surface area contributed by atoms with E-state index >= 15 is 0 Å². The van der Waals surface area contributed by atoms with Gasteiger partial charge in [0.1, 0.15) is 0 Å². The molecule has 1 N–H and O–H groups in total. The van der Waals surface area contributed by atoms with Gasteiger partial charge in [-0.2, -0.15) is 0 Å². The van der Waals surface area contributed by atoms with Gasteiger partial charge in [-0.1, -0.05) is 91.0 Å². The van der Waals surface area contributed by atoms with Crippen LogP contribution in [0.1, 0.15) is 22.7 Å². The van der Waals surface area contributed by atoms with Crippen molar-refractivity contribution in [3.8, 4) is 0 Å². The Morgan fingerprint density at radius 1 is 0.655 bits per heavy atom. The minimum atomic E-state index is 0.396. The van der Waals surface area contributed by atoms with E-state index in [1.807, 2.05) is 0 Å². The molecule has 1 heterocycles. The van der Waals surface area contributed by atoms with E-state index in [0.29, 0.717) is 6.04 Å². The molecule has 5 aromatic carbocycles. The second-order valence-electron chi connectivity index (χ2n) is 8.16. The molecular weight excluding hydrogens is 350 g/mol. The van der Waals surface area contributed by atoms with Crippen molar-refractivity contribution >= 4 is 32.3 Å². The van der Waals surface area contributed by atoms with E-state index in [9.17, 15) is 0 Å². The van der Waals surface area contributed by atoms with Crippen LogP contribution in [-0.4, -0.2) is 6.54 Å². The molecule has 0 saturated carbocycles. The Morgan fingerprint density at radius 3 is 2.31 bits per heavy atom. The first-order chi connectivity index (χ1) is 14.4. The molecule has 1 nitrogen and oxygen atoms in total. The molecule has 1 atom stereocenters. The zero-order valence-corrected chi connectivity index (χ0v) is 16.4. The Kier molecular flexibility index (Phi) is 3.88. The van der Waals surface area contributed by atoms with Gasteiger partial charge in [0.15, 0.2) is 0 Å². The summed E-state index contributed by atoms with van der Waals surface area (Å²) >= 11 is 0. The maximum atomic E-state index is 3.73. The Labute approximate surface area is 171 Å². The first-order valence-electron chi connectivity index (χ1n) is 10.5. The first-order valence-corrected chi connectivity index (χ1v) is 10.5. The highest BCUT2D eigenvalue weighted by Crippen LogP contribution is 2.33. The molecule has 0 spiro atoms. The molecule has 29 heavy (non-hydrogen) atoms. The van der Waals surface area contributed by atoms with Crippen molar-refractivity contribution in [2.45, 2.75) is 18.9 Å². The summed E-state index contributed by atoms with van der Waals surface area (Å²) in [6, 6.07) is 34.0. The lowest BCUT2D eigenvalue weighted by atomic mass is 9.89. The summed E-state index contributed by atoms with van der Waals surface area (Å²) in [5, 5.41) is 11.7. The van der Waals surface area contributed by atoms with Gasteiger partial charge in [-0.05, 0) is 68.4 Å². The maximum Gasteiger partial charge on any atom is 0.0363 e. The SMILES string of the molecule is c1ccc2c(c1)CCNC2Cc1ccc2ccc3c4ccccc4ccc3c2c1. The van der Waals surface area contributed by atoms with Crippen LogP contribution in [0.5, 0.6) is 0 Å². The molecule has 1 unspecified atom stereocenters. The van der Waals surface area contributed by atoms with Crippen LogP contribution in [0.2, 0.25) is 0 Å². The Hall–Kier alpha value is -3.16. The molecule has 5 aromatic rings. The molecule has 0 fully saturated rings. The van der Waals surface area contributed by atoms with Crippen LogP contribution >= 0.6 is 0 Å². The van der Waals surface area contributed by atoms with Gasteiger partial charge in [0.2, 0.25) is 0 Å². The Balaban J connectivity index is 1.47. The van der Waals surface area contributed by atoms with Crippen molar-refractivity contribution in [2.75, 3.05) is 6.54 Å². The van der Waals surface area contributed by atoms with Gasteiger partial charge < -0.3 is 5.32 Å². The largest absolute Gasteiger partial charge is 0.309 e. The fourth-order valence-electron chi connectivity index (χ4n) is 5.00. The normalized spacial score (nSPS) is 16.3. The summed E-state index contributed by atoms with van der Waals surface area (Å²) < 4.78 is 0. The van der Waals surface area contributed by atoms with Crippen LogP contribution < -0.4 is 5.32 Å². The topological polar surface area (TPSA) is 12.0 Å². The predicted octanol–water partition coefficient (Wildman–Crippen LogP) is 6.58. The van der Waals surface area contributed by atoms with Gasteiger partial charge in [0.05, 0.1) is 0 Å². The Morgan fingerprint density at radius 2 is 1.38 bits per heavy atom. The molecule has 1 heteroatoms. The minimum Gasteiger partial charge on any atom is -0.309 e. The monoisotopic (exact) mass is 373 g/mol. The van der Waals surface area contributed by atoms with Crippen LogP contribution in [-0.2, 0) is 12.8 Å². The number of rotatable bonds is 2. The van der Waals surface area contributed by atoms with Gasteiger partial charge in [-0.15, -0.1) is 0 Å². The van der Waals surface area contributed by atoms with Gasteiger partial charge in [-0.3, -0.25) is 0 Å². The van der Waals surface area contributed by atoms with Crippen molar-refractivity contribution in [1.29, 1.82) is 0 Å². The third kappa shape index (κ3) is 2.82. The molecule has 0 aliphatic carbocycles.